The highest BCUT2D eigenvalue weighted by atomic mass is 79.9. The molecule has 0 aliphatic heterocycles. The van der Waals surface area contributed by atoms with E-state index in [1.165, 1.54) is 23.1 Å². The van der Waals surface area contributed by atoms with Crippen molar-refractivity contribution in [3.8, 4) is 0 Å². The maximum absolute atomic E-state index is 12.4. The Morgan fingerprint density at radius 2 is 2.06 bits per heavy atom. The summed E-state index contributed by atoms with van der Waals surface area (Å²) in [5.74, 6) is -0.124. The number of nitrogens with two attached hydrogens (primary N) is 1. The SMILES string of the molecule is CCN(CC(F)(F)F)c1ccc(C(=N)N)cc1Br. The van der Waals surface area contributed by atoms with Crippen LogP contribution in [0.2, 0.25) is 0 Å². The fourth-order valence-corrected chi connectivity index (χ4v) is 2.14. The van der Waals surface area contributed by atoms with Crippen molar-refractivity contribution in [2.45, 2.75) is 13.1 Å². The van der Waals surface area contributed by atoms with Crippen molar-refractivity contribution in [2.24, 2.45) is 5.73 Å². The van der Waals surface area contributed by atoms with E-state index in [1.807, 2.05) is 0 Å². The van der Waals surface area contributed by atoms with E-state index in [1.54, 1.807) is 6.92 Å². The van der Waals surface area contributed by atoms with Crippen LogP contribution in [0.25, 0.3) is 0 Å². The first-order chi connectivity index (χ1) is 8.24. The highest BCUT2D eigenvalue weighted by molar-refractivity contribution is 9.10. The van der Waals surface area contributed by atoms with Crippen molar-refractivity contribution in [1.82, 2.24) is 0 Å². The van der Waals surface area contributed by atoms with Gasteiger partial charge in [-0.05, 0) is 41.1 Å². The largest absolute Gasteiger partial charge is 0.405 e. The van der Waals surface area contributed by atoms with Crippen LogP contribution in [-0.2, 0) is 0 Å². The Bertz CT molecular complexity index is 446. The highest BCUT2D eigenvalue weighted by Crippen LogP contribution is 2.29. The lowest BCUT2D eigenvalue weighted by Crippen LogP contribution is -2.34. The Kier molecular flexibility index (Phi) is 4.61. The van der Waals surface area contributed by atoms with Gasteiger partial charge in [0.05, 0.1) is 5.69 Å². The summed E-state index contributed by atoms with van der Waals surface area (Å²) in [6, 6.07) is 4.59. The predicted molar refractivity (Wildman–Crippen MR) is 69.1 cm³/mol. The van der Waals surface area contributed by atoms with Crippen LogP contribution in [0.1, 0.15) is 12.5 Å². The molecular weight excluding hydrogens is 311 g/mol. The van der Waals surface area contributed by atoms with Crippen LogP contribution in [0.3, 0.4) is 0 Å². The van der Waals surface area contributed by atoms with Gasteiger partial charge >= 0.3 is 6.18 Å². The monoisotopic (exact) mass is 323 g/mol. The van der Waals surface area contributed by atoms with Gasteiger partial charge in [0, 0.05) is 16.6 Å². The molecule has 3 N–H and O–H groups in total. The molecule has 0 saturated heterocycles. The molecule has 3 nitrogen and oxygen atoms in total. The Morgan fingerprint density at radius 3 is 2.44 bits per heavy atom. The second-order valence-corrected chi connectivity index (χ2v) is 4.56. The van der Waals surface area contributed by atoms with E-state index in [0.29, 0.717) is 15.7 Å². The number of hydrogen-bond acceptors (Lipinski definition) is 2. The molecule has 100 valence electrons. The summed E-state index contributed by atoms with van der Waals surface area (Å²) < 4.78 is 37.7. The molecule has 0 bridgehead atoms. The van der Waals surface area contributed by atoms with Crippen LogP contribution in [0.4, 0.5) is 18.9 Å². The predicted octanol–water partition coefficient (Wildman–Crippen LogP) is 3.12. The summed E-state index contributed by atoms with van der Waals surface area (Å²) in [4.78, 5) is 1.20. The molecule has 0 amide bonds. The van der Waals surface area contributed by atoms with Gasteiger partial charge in [-0.25, -0.2) is 0 Å². The molecule has 0 atom stereocenters. The molecule has 0 fully saturated rings. The normalized spacial score (nSPS) is 11.4. The van der Waals surface area contributed by atoms with E-state index in [-0.39, 0.29) is 12.4 Å². The van der Waals surface area contributed by atoms with Crippen LogP contribution < -0.4 is 10.6 Å². The molecule has 0 radical (unpaired) electrons. The molecule has 1 aromatic carbocycles. The number of anilines is 1. The van der Waals surface area contributed by atoms with E-state index in [0.717, 1.165) is 0 Å². The molecule has 1 rings (SSSR count). The van der Waals surface area contributed by atoms with Gasteiger partial charge in [0.15, 0.2) is 0 Å². The molecule has 0 aliphatic carbocycles. The van der Waals surface area contributed by atoms with E-state index < -0.39 is 12.7 Å². The first-order valence-electron chi connectivity index (χ1n) is 5.20. The number of alkyl halides is 3. The number of nitrogens with zero attached hydrogens (tertiary/aromatic N) is 1. The number of benzene rings is 1. The second kappa shape index (κ2) is 5.60. The maximum atomic E-state index is 12.4. The third-order valence-electron chi connectivity index (χ3n) is 2.35. The van der Waals surface area contributed by atoms with Crippen molar-refractivity contribution in [1.29, 1.82) is 5.41 Å². The van der Waals surface area contributed by atoms with E-state index >= 15 is 0 Å². The lowest BCUT2D eigenvalue weighted by atomic mass is 10.2. The summed E-state index contributed by atoms with van der Waals surface area (Å²) in [6.45, 7) is 0.871. The summed E-state index contributed by atoms with van der Waals surface area (Å²) in [6.07, 6.45) is -4.26. The van der Waals surface area contributed by atoms with Crippen molar-refractivity contribution in [2.75, 3.05) is 18.0 Å². The topological polar surface area (TPSA) is 53.1 Å². The highest BCUT2D eigenvalue weighted by Gasteiger charge is 2.30. The van der Waals surface area contributed by atoms with Crippen molar-refractivity contribution in [3.05, 3.63) is 28.2 Å². The molecule has 0 unspecified atom stereocenters. The third kappa shape index (κ3) is 3.90. The van der Waals surface area contributed by atoms with Crippen LogP contribution >= 0.6 is 15.9 Å². The summed E-state index contributed by atoms with van der Waals surface area (Å²) >= 11 is 3.20. The molecule has 0 heterocycles. The Labute approximate surface area is 111 Å². The fourth-order valence-electron chi connectivity index (χ4n) is 1.51. The molecule has 0 aliphatic rings. The van der Waals surface area contributed by atoms with Crippen molar-refractivity contribution < 1.29 is 13.2 Å². The Balaban J connectivity index is 3.04. The molecule has 0 saturated carbocycles. The zero-order valence-corrected chi connectivity index (χ0v) is 11.3. The van der Waals surface area contributed by atoms with Gasteiger partial charge in [-0.2, -0.15) is 13.2 Å². The zero-order valence-electron chi connectivity index (χ0n) is 9.68. The van der Waals surface area contributed by atoms with Crippen molar-refractivity contribution in [3.63, 3.8) is 0 Å². The Morgan fingerprint density at radius 1 is 1.44 bits per heavy atom. The number of rotatable bonds is 4. The van der Waals surface area contributed by atoms with Gasteiger partial charge in [-0.3, -0.25) is 5.41 Å². The Hall–Kier alpha value is -1.24. The molecule has 0 spiro atoms. The molecular formula is C11H13BrF3N3. The molecule has 7 heteroatoms. The minimum absolute atomic E-state index is 0.124. The van der Waals surface area contributed by atoms with E-state index in [9.17, 15) is 13.2 Å². The number of hydrogen-bond donors (Lipinski definition) is 2. The lowest BCUT2D eigenvalue weighted by Gasteiger charge is -2.25. The van der Waals surface area contributed by atoms with Gasteiger partial charge in [-0.1, -0.05) is 0 Å². The lowest BCUT2D eigenvalue weighted by molar-refractivity contribution is -0.119. The summed E-state index contributed by atoms with van der Waals surface area (Å²) in [5.41, 5.74) is 6.21. The average Bonchev–Trinajstić information content (AvgIpc) is 2.24. The number of halogens is 4. The third-order valence-corrected chi connectivity index (χ3v) is 2.99. The number of nitrogen functional groups attached to an aromatic ring is 1. The number of nitrogens with one attached hydrogen (secondary N) is 1. The quantitative estimate of drug-likeness (QED) is 0.660. The summed E-state index contributed by atoms with van der Waals surface area (Å²) in [5, 5.41) is 7.26. The molecule has 1 aromatic rings. The average molecular weight is 324 g/mol. The standard InChI is InChI=1S/C11H13BrF3N3/c1-2-18(6-11(13,14)15)9-4-3-7(10(16)17)5-8(9)12/h3-5H,2,6H2,1H3,(H3,16,17). The zero-order chi connectivity index (χ0) is 13.9. The van der Waals surface area contributed by atoms with Gasteiger partial charge in [0.1, 0.15) is 12.4 Å². The van der Waals surface area contributed by atoms with Crippen LogP contribution in [0.5, 0.6) is 0 Å². The molecule has 0 aromatic heterocycles. The van der Waals surface area contributed by atoms with Gasteiger partial charge < -0.3 is 10.6 Å². The van der Waals surface area contributed by atoms with Crippen LogP contribution in [-0.4, -0.2) is 25.1 Å². The van der Waals surface area contributed by atoms with E-state index in [4.69, 9.17) is 11.1 Å². The van der Waals surface area contributed by atoms with E-state index in [2.05, 4.69) is 15.9 Å². The fraction of sp³-hybridized carbons (Fsp3) is 0.364. The maximum Gasteiger partial charge on any atom is 0.405 e. The van der Waals surface area contributed by atoms with Gasteiger partial charge in [-0.15, -0.1) is 0 Å². The molecule has 18 heavy (non-hydrogen) atoms. The first kappa shape index (κ1) is 14.8. The van der Waals surface area contributed by atoms with Crippen LogP contribution in [0.15, 0.2) is 22.7 Å². The first-order valence-corrected chi connectivity index (χ1v) is 5.99. The van der Waals surface area contributed by atoms with Crippen LogP contribution in [0, 0.1) is 5.41 Å². The van der Waals surface area contributed by atoms with Crippen molar-refractivity contribution >= 4 is 27.5 Å². The smallest absolute Gasteiger partial charge is 0.384 e. The van der Waals surface area contributed by atoms with Gasteiger partial charge in [0.25, 0.3) is 0 Å². The minimum Gasteiger partial charge on any atom is -0.384 e. The van der Waals surface area contributed by atoms with Gasteiger partial charge in [0.2, 0.25) is 0 Å². The summed E-state index contributed by atoms with van der Waals surface area (Å²) in [7, 11) is 0. The second-order valence-electron chi connectivity index (χ2n) is 3.71. The minimum atomic E-state index is -4.26. The number of amidine groups is 1.